The second-order valence-electron chi connectivity index (χ2n) is 4.93. The van der Waals surface area contributed by atoms with Gasteiger partial charge < -0.3 is 10.1 Å². The summed E-state index contributed by atoms with van der Waals surface area (Å²) in [6, 6.07) is 3.76. The Bertz CT molecular complexity index is 408. The minimum Gasteiger partial charge on any atom is -0.379 e. The second-order valence-corrected chi connectivity index (χ2v) is 4.93. The molecule has 0 bridgehead atoms. The van der Waals surface area contributed by atoms with Gasteiger partial charge in [-0.3, -0.25) is 4.90 Å². The molecule has 5 heteroatoms. The summed E-state index contributed by atoms with van der Waals surface area (Å²) in [5.41, 5.74) is 0.369. The van der Waals surface area contributed by atoms with Crippen molar-refractivity contribution in [2.24, 2.45) is 0 Å². The van der Waals surface area contributed by atoms with E-state index in [4.69, 9.17) is 4.74 Å². The zero-order valence-corrected chi connectivity index (χ0v) is 11.2. The van der Waals surface area contributed by atoms with Crippen LogP contribution in [-0.2, 0) is 11.3 Å². The van der Waals surface area contributed by atoms with Crippen LogP contribution in [0.4, 0.5) is 8.78 Å². The van der Waals surface area contributed by atoms with Crippen LogP contribution in [0.3, 0.4) is 0 Å². The number of hydrogen-bond donors (Lipinski definition) is 1. The first kappa shape index (κ1) is 14.4. The highest BCUT2D eigenvalue weighted by atomic mass is 19.1. The smallest absolute Gasteiger partial charge is 0.127 e. The Morgan fingerprint density at radius 3 is 2.79 bits per heavy atom. The molecular weight excluding hydrogens is 250 g/mol. The molecule has 2 rings (SSSR count). The fraction of sp³-hybridized carbons (Fsp3) is 0.571. The Hall–Kier alpha value is -1.04. The van der Waals surface area contributed by atoms with Gasteiger partial charge in [-0.2, -0.15) is 0 Å². The van der Waals surface area contributed by atoms with Gasteiger partial charge in [0.25, 0.3) is 0 Å². The molecule has 1 fully saturated rings. The van der Waals surface area contributed by atoms with Crippen molar-refractivity contribution in [1.82, 2.24) is 10.2 Å². The van der Waals surface area contributed by atoms with Gasteiger partial charge in [0.15, 0.2) is 0 Å². The van der Waals surface area contributed by atoms with Crippen LogP contribution in [0, 0.1) is 11.6 Å². The molecule has 0 aromatic heterocycles. The number of rotatable bonds is 5. The maximum absolute atomic E-state index is 13.4. The van der Waals surface area contributed by atoms with Gasteiger partial charge in [-0.1, -0.05) is 0 Å². The van der Waals surface area contributed by atoms with E-state index in [0.29, 0.717) is 12.1 Å². The van der Waals surface area contributed by atoms with E-state index in [9.17, 15) is 8.78 Å². The normalized spacial score (nSPS) is 18.5. The van der Waals surface area contributed by atoms with E-state index in [2.05, 4.69) is 10.2 Å². The van der Waals surface area contributed by atoms with Gasteiger partial charge in [-0.05, 0) is 25.1 Å². The predicted octanol–water partition coefficient (Wildman–Crippen LogP) is 1.78. The summed E-state index contributed by atoms with van der Waals surface area (Å²) in [6.07, 6.45) is 0. The zero-order chi connectivity index (χ0) is 13.7. The lowest BCUT2D eigenvalue weighted by molar-refractivity contribution is 0.0343. The van der Waals surface area contributed by atoms with E-state index in [1.807, 2.05) is 6.92 Å². The van der Waals surface area contributed by atoms with Crippen molar-refractivity contribution in [2.75, 3.05) is 32.8 Å². The van der Waals surface area contributed by atoms with Crippen molar-refractivity contribution in [3.8, 4) is 0 Å². The molecule has 1 saturated heterocycles. The SMILES string of the molecule is CC(CN1CCOCC1)NCc1cc(F)ccc1F. The minimum atomic E-state index is -0.404. The molecule has 19 heavy (non-hydrogen) atoms. The summed E-state index contributed by atoms with van der Waals surface area (Å²) in [5, 5.41) is 3.23. The van der Waals surface area contributed by atoms with Gasteiger partial charge in [0, 0.05) is 37.8 Å². The Morgan fingerprint density at radius 1 is 1.32 bits per heavy atom. The number of morpholine rings is 1. The van der Waals surface area contributed by atoms with E-state index in [0.717, 1.165) is 38.9 Å². The third-order valence-corrected chi connectivity index (χ3v) is 3.28. The molecule has 106 valence electrons. The van der Waals surface area contributed by atoms with Crippen molar-refractivity contribution < 1.29 is 13.5 Å². The summed E-state index contributed by atoms with van der Waals surface area (Å²) in [6.45, 7) is 6.68. The van der Waals surface area contributed by atoms with Crippen molar-refractivity contribution in [3.05, 3.63) is 35.4 Å². The van der Waals surface area contributed by atoms with E-state index >= 15 is 0 Å². The van der Waals surface area contributed by atoms with Crippen LogP contribution in [0.25, 0.3) is 0 Å². The third-order valence-electron chi connectivity index (χ3n) is 3.28. The molecule has 0 spiro atoms. The number of nitrogens with zero attached hydrogens (tertiary/aromatic N) is 1. The lowest BCUT2D eigenvalue weighted by Crippen LogP contribution is -2.44. The van der Waals surface area contributed by atoms with Crippen LogP contribution >= 0.6 is 0 Å². The maximum atomic E-state index is 13.4. The molecule has 1 aliphatic rings. The van der Waals surface area contributed by atoms with Gasteiger partial charge in [0.2, 0.25) is 0 Å². The Morgan fingerprint density at radius 2 is 2.05 bits per heavy atom. The van der Waals surface area contributed by atoms with Crippen LogP contribution < -0.4 is 5.32 Å². The molecule has 1 aromatic carbocycles. The van der Waals surface area contributed by atoms with Crippen LogP contribution in [0.1, 0.15) is 12.5 Å². The van der Waals surface area contributed by atoms with E-state index in [1.54, 1.807) is 0 Å². The first-order chi connectivity index (χ1) is 9.15. The van der Waals surface area contributed by atoms with Gasteiger partial charge in [-0.15, -0.1) is 0 Å². The standard InChI is InChI=1S/C14H20F2N2O/c1-11(10-18-4-6-19-7-5-18)17-9-12-8-13(15)2-3-14(12)16/h2-3,8,11,17H,4-7,9-10H2,1H3. The predicted molar refractivity (Wildman–Crippen MR) is 69.9 cm³/mol. The third kappa shape index (κ3) is 4.53. The van der Waals surface area contributed by atoms with Gasteiger partial charge >= 0.3 is 0 Å². The Kier molecular flexibility index (Phi) is 5.24. The number of nitrogens with one attached hydrogen (secondary N) is 1. The molecule has 0 radical (unpaired) electrons. The highest BCUT2D eigenvalue weighted by molar-refractivity contribution is 5.18. The number of ether oxygens (including phenoxy) is 1. The van der Waals surface area contributed by atoms with Crippen LogP contribution in [0.2, 0.25) is 0 Å². The molecule has 0 saturated carbocycles. The average Bonchev–Trinajstić information content (AvgIpc) is 2.41. The number of benzene rings is 1. The lowest BCUT2D eigenvalue weighted by Gasteiger charge is -2.29. The molecule has 1 aliphatic heterocycles. The highest BCUT2D eigenvalue weighted by Crippen LogP contribution is 2.09. The lowest BCUT2D eigenvalue weighted by atomic mass is 10.2. The summed E-state index contributed by atoms with van der Waals surface area (Å²) in [4.78, 5) is 2.31. The highest BCUT2D eigenvalue weighted by Gasteiger charge is 2.13. The molecule has 1 heterocycles. The summed E-state index contributed by atoms with van der Waals surface area (Å²) < 4.78 is 31.8. The second kappa shape index (κ2) is 6.93. The Labute approximate surface area is 112 Å². The molecule has 1 atom stereocenters. The van der Waals surface area contributed by atoms with Crippen molar-refractivity contribution in [3.63, 3.8) is 0 Å². The van der Waals surface area contributed by atoms with E-state index in [-0.39, 0.29) is 11.9 Å². The molecule has 1 N–H and O–H groups in total. The van der Waals surface area contributed by atoms with E-state index in [1.165, 1.54) is 12.1 Å². The zero-order valence-electron chi connectivity index (χ0n) is 11.2. The number of halogens is 2. The van der Waals surface area contributed by atoms with Gasteiger partial charge in [-0.25, -0.2) is 8.78 Å². The minimum absolute atomic E-state index is 0.223. The molecular formula is C14H20F2N2O. The van der Waals surface area contributed by atoms with Crippen LogP contribution in [0.15, 0.2) is 18.2 Å². The Balaban J connectivity index is 1.79. The molecule has 1 aromatic rings. The monoisotopic (exact) mass is 270 g/mol. The summed E-state index contributed by atoms with van der Waals surface area (Å²) in [7, 11) is 0. The van der Waals surface area contributed by atoms with Crippen LogP contribution in [-0.4, -0.2) is 43.8 Å². The molecule has 3 nitrogen and oxygen atoms in total. The van der Waals surface area contributed by atoms with E-state index < -0.39 is 5.82 Å². The molecule has 0 aliphatic carbocycles. The van der Waals surface area contributed by atoms with Crippen molar-refractivity contribution in [1.29, 1.82) is 0 Å². The van der Waals surface area contributed by atoms with Crippen molar-refractivity contribution in [2.45, 2.75) is 19.5 Å². The fourth-order valence-corrected chi connectivity index (χ4v) is 2.20. The summed E-state index contributed by atoms with van der Waals surface area (Å²) >= 11 is 0. The average molecular weight is 270 g/mol. The maximum Gasteiger partial charge on any atom is 0.127 e. The van der Waals surface area contributed by atoms with Crippen LogP contribution in [0.5, 0.6) is 0 Å². The first-order valence-corrected chi connectivity index (χ1v) is 6.62. The fourth-order valence-electron chi connectivity index (χ4n) is 2.20. The first-order valence-electron chi connectivity index (χ1n) is 6.62. The van der Waals surface area contributed by atoms with Crippen molar-refractivity contribution >= 4 is 0 Å². The quantitative estimate of drug-likeness (QED) is 0.882. The largest absolute Gasteiger partial charge is 0.379 e. The van der Waals surface area contributed by atoms with Gasteiger partial charge in [0.1, 0.15) is 11.6 Å². The molecule has 1 unspecified atom stereocenters. The topological polar surface area (TPSA) is 24.5 Å². The number of hydrogen-bond acceptors (Lipinski definition) is 3. The molecule has 0 amide bonds. The van der Waals surface area contributed by atoms with Gasteiger partial charge in [0.05, 0.1) is 13.2 Å². The summed E-state index contributed by atoms with van der Waals surface area (Å²) in [5.74, 6) is -0.772.